The van der Waals surface area contributed by atoms with Gasteiger partial charge in [-0.25, -0.2) is 0 Å². The van der Waals surface area contributed by atoms with Crippen LogP contribution in [-0.2, 0) is 20.7 Å². The van der Waals surface area contributed by atoms with Crippen LogP contribution in [-0.4, -0.2) is 55.6 Å². The highest BCUT2D eigenvalue weighted by Gasteiger charge is 2.44. The van der Waals surface area contributed by atoms with Gasteiger partial charge in [-0.1, -0.05) is 30.3 Å². The minimum Gasteiger partial charge on any atom is -0.370 e. The maximum Gasteiger partial charge on any atom is 0.288 e. The van der Waals surface area contributed by atoms with Gasteiger partial charge in [-0.15, -0.1) is 0 Å². The third-order valence-corrected chi connectivity index (χ3v) is 4.34. The standard InChI is InChI=1S/C16H20N2O3/c19-15-12-14(17-8-10-21-11-9-17)16(20)18(15)7-6-13-4-2-1-3-5-13/h1-5,14H,6-12H2/p+1/t14-/m1/s1. The molecule has 2 aliphatic heterocycles. The Hall–Kier alpha value is -1.72. The molecular weight excluding hydrogens is 268 g/mol. The second-order valence-electron chi connectivity index (χ2n) is 5.65. The molecule has 2 fully saturated rings. The number of carbonyl (C=O) groups is 2. The summed E-state index contributed by atoms with van der Waals surface area (Å²) in [5, 5.41) is 0. The molecule has 112 valence electrons. The molecule has 2 heterocycles. The number of benzene rings is 1. The summed E-state index contributed by atoms with van der Waals surface area (Å²) >= 11 is 0. The number of nitrogens with one attached hydrogen (secondary N) is 1. The van der Waals surface area contributed by atoms with Crippen molar-refractivity contribution in [2.45, 2.75) is 18.9 Å². The van der Waals surface area contributed by atoms with E-state index < -0.39 is 0 Å². The predicted octanol–water partition coefficient (Wildman–Crippen LogP) is -0.728. The van der Waals surface area contributed by atoms with Gasteiger partial charge in [0.05, 0.1) is 19.6 Å². The fourth-order valence-corrected chi connectivity index (χ4v) is 3.10. The minimum absolute atomic E-state index is 0.00664. The molecule has 0 aromatic heterocycles. The Labute approximate surface area is 124 Å². The van der Waals surface area contributed by atoms with Gasteiger partial charge in [0, 0.05) is 6.54 Å². The van der Waals surface area contributed by atoms with E-state index in [1.54, 1.807) is 0 Å². The van der Waals surface area contributed by atoms with Crippen LogP contribution in [0.25, 0.3) is 0 Å². The highest BCUT2D eigenvalue weighted by atomic mass is 16.5. The lowest BCUT2D eigenvalue weighted by molar-refractivity contribution is -0.922. The Morgan fingerprint density at radius 1 is 1.14 bits per heavy atom. The Morgan fingerprint density at radius 3 is 2.57 bits per heavy atom. The van der Waals surface area contributed by atoms with Crippen molar-refractivity contribution in [3.05, 3.63) is 35.9 Å². The molecule has 1 atom stereocenters. The quantitative estimate of drug-likeness (QED) is 0.744. The third kappa shape index (κ3) is 3.14. The van der Waals surface area contributed by atoms with Crippen LogP contribution in [0.4, 0.5) is 0 Å². The van der Waals surface area contributed by atoms with Gasteiger partial charge in [0.2, 0.25) is 5.91 Å². The number of ether oxygens (including phenoxy) is 1. The van der Waals surface area contributed by atoms with Crippen LogP contribution < -0.4 is 4.90 Å². The van der Waals surface area contributed by atoms with E-state index in [-0.39, 0.29) is 17.9 Å². The van der Waals surface area contributed by atoms with Crippen molar-refractivity contribution in [3.63, 3.8) is 0 Å². The molecule has 1 aromatic rings. The molecule has 1 N–H and O–H groups in total. The molecule has 2 aliphatic rings. The van der Waals surface area contributed by atoms with Gasteiger partial charge in [0.25, 0.3) is 5.91 Å². The molecule has 2 amide bonds. The lowest BCUT2D eigenvalue weighted by Gasteiger charge is -2.27. The molecule has 5 heteroatoms. The summed E-state index contributed by atoms with van der Waals surface area (Å²) in [4.78, 5) is 27.2. The Balaban J connectivity index is 1.61. The first-order valence-corrected chi connectivity index (χ1v) is 7.56. The van der Waals surface area contributed by atoms with Gasteiger partial charge in [0.15, 0.2) is 6.04 Å². The van der Waals surface area contributed by atoms with Crippen LogP contribution in [0, 0.1) is 0 Å². The van der Waals surface area contributed by atoms with E-state index in [2.05, 4.69) is 0 Å². The second-order valence-corrected chi connectivity index (χ2v) is 5.65. The lowest BCUT2D eigenvalue weighted by Crippen LogP contribution is -3.18. The number of quaternary nitrogens is 1. The zero-order valence-corrected chi connectivity index (χ0v) is 12.1. The number of rotatable bonds is 4. The summed E-state index contributed by atoms with van der Waals surface area (Å²) in [7, 11) is 0. The molecule has 3 rings (SSSR count). The van der Waals surface area contributed by atoms with Crippen molar-refractivity contribution in [1.29, 1.82) is 0 Å². The van der Waals surface area contributed by atoms with Crippen LogP contribution in [0.15, 0.2) is 30.3 Å². The van der Waals surface area contributed by atoms with Crippen molar-refractivity contribution in [1.82, 2.24) is 4.90 Å². The first-order chi connectivity index (χ1) is 10.3. The molecule has 1 aromatic carbocycles. The molecule has 5 nitrogen and oxygen atoms in total. The summed E-state index contributed by atoms with van der Waals surface area (Å²) in [5.74, 6) is -0.0345. The van der Waals surface area contributed by atoms with Crippen molar-refractivity contribution in [2.24, 2.45) is 0 Å². The maximum atomic E-state index is 12.5. The van der Waals surface area contributed by atoms with Gasteiger partial charge in [0.1, 0.15) is 13.1 Å². The van der Waals surface area contributed by atoms with Crippen LogP contribution >= 0.6 is 0 Å². The summed E-state index contributed by atoms with van der Waals surface area (Å²) in [6.07, 6.45) is 1.08. The van der Waals surface area contributed by atoms with Gasteiger partial charge < -0.3 is 9.64 Å². The highest BCUT2D eigenvalue weighted by Crippen LogP contribution is 2.12. The number of hydrogen-bond acceptors (Lipinski definition) is 3. The second kappa shape index (κ2) is 6.37. The lowest BCUT2D eigenvalue weighted by atomic mass is 10.1. The molecule has 0 radical (unpaired) electrons. The van der Waals surface area contributed by atoms with Gasteiger partial charge in [-0.2, -0.15) is 0 Å². The van der Waals surface area contributed by atoms with E-state index in [1.807, 2.05) is 30.3 Å². The summed E-state index contributed by atoms with van der Waals surface area (Å²) < 4.78 is 5.32. The van der Waals surface area contributed by atoms with Crippen molar-refractivity contribution in [2.75, 3.05) is 32.8 Å². The first kappa shape index (κ1) is 14.2. The SMILES string of the molecule is O=C1C[C@@H]([NH+]2CCOCC2)C(=O)N1CCc1ccccc1. The van der Waals surface area contributed by atoms with Crippen molar-refractivity contribution in [3.8, 4) is 0 Å². The zero-order valence-electron chi connectivity index (χ0n) is 12.1. The largest absolute Gasteiger partial charge is 0.370 e. The predicted molar refractivity (Wildman–Crippen MR) is 76.8 cm³/mol. The average Bonchev–Trinajstić information content (AvgIpc) is 2.82. The van der Waals surface area contributed by atoms with Crippen LogP contribution in [0.1, 0.15) is 12.0 Å². The Morgan fingerprint density at radius 2 is 1.86 bits per heavy atom. The molecule has 2 saturated heterocycles. The Bertz CT molecular complexity index is 512. The first-order valence-electron chi connectivity index (χ1n) is 7.56. The number of amides is 2. The van der Waals surface area contributed by atoms with E-state index >= 15 is 0 Å². The van der Waals surface area contributed by atoms with Crippen LogP contribution in [0.2, 0.25) is 0 Å². The van der Waals surface area contributed by atoms with Crippen LogP contribution in [0.5, 0.6) is 0 Å². The monoisotopic (exact) mass is 289 g/mol. The zero-order chi connectivity index (χ0) is 14.7. The van der Waals surface area contributed by atoms with E-state index in [9.17, 15) is 9.59 Å². The highest BCUT2D eigenvalue weighted by molar-refractivity contribution is 6.04. The van der Waals surface area contributed by atoms with Crippen molar-refractivity contribution >= 4 is 11.8 Å². The molecule has 21 heavy (non-hydrogen) atoms. The molecule has 0 spiro atoms. The van der Waals surface area contributed by atoms with Gasteiger partial charge >= 0.3 is 0 Å². The number of nitrogens with zero attached hydrogens (tertiary/aromatic N) is 1. The van der Waals surface area contributed by atoms with Gasteiger partial charge in [-0.3, -0.25) is 14.5 Å². The van der Waals surface area contributed by atoms with E-state index in [0.29, 0.717) is 26.2 Å². The molecular formula is C16H21N2O3+. The number of hydrogen-bond donors (Lipinski definition) is 1. The minimum atomic E-state index is -0.197. The van der Waals surface area contributed by atoms with Gasteiger partial charge in [-0.05, 0) is 12.0 Å². The van der Waals surface area contributed by atoms with Crippen molar-refractivity contribution < 1.29 is 19.2 Å². The number of morpholine rings is 1. The van der Waals surface area contributed by atoms with Crippen LogP contribution in [0.3, 0.4) is 0 Å². The smallest absolute Gasteiger partial charge is 0.288 e. The fraction of sp³-hybridized carbons (Fsp3) is 0.500. The molecule has 0 aliphatic carbocycles. The molecule has 0 saturated carbocycles. The normalized spacial score (nSPS) is 23.8. The van der Waals surface area contributed by atoms with E-state index in [1.165, 1.54) is 9.80 Å². The fourth-order valence-electron chi connectivity index (χ4n) is 3.10. The Kier molecular flexibility index (Phi) is 4.31. The maximum absolute atomic E-state index is 12.5. The summed E-state index contributed by atoms with van der Waals surface area (Å²) in [5.41, 5.74) is 1.15. The number of likely N-dealkylation sites (tertiary alicyclic amines) is 1. The van der Waals surface area contributed by atoms with E-state index in [0.717, 1.165) is 25.1 Å². The number of imide groups is 1. The number of carbonyl (C=O) groups excluding carboxylic acids is 2. The topological polar surface area (TPSA) is 51.1 Å². The molecule has 0 bridgehead atoms. The molecule has 0 unspecified atom stereocenters. The van der Waals surface area contributed by atoms with E-state index in [4.69, 9.17) is 4.74 Å². The summed E-state index contributed by atoms with van der Waals surface area (Å²) in [6.45, 7) is 3.48. The average molecular weight is 289 g/mol. The summed E-state index contributed by atoms with van der Waals surface area (Å²) in [6, 6.07) is 9.77. The third-order valence-electron chi connectivity index (χ3n) is 4.34.